The van der Waals surface area contributed by atoms with Crippen molar-refractivity contribution in [2.45, 2.75) is 32.7 Å². The molecule has 1 heterocycles. The molecule has 1 aromatic rings. The third kappa shape index (κ3) is 4.90. The van der Waals surface area contributed by atoms with E-state index in [1.807, 2.05) is 6.92 Å². The highest BCUT2D eigenvalue weighted by atomic mass is 16.6. The van der Waals surface area contributed by atoms with Crippen LogP contribution in [0.2, 0.25) is 0 Å². The largest absolute Gasteiger partial charge is 0.466 e. The summed E-state index contributed by atoms with van der Waals surface area (Å²) >= 11 is 0. The summed E-state index contributed by atoms with van der Waals surface area (Å²) in [7, 11) is 0. The summed E-state index contributed by atoms with van der Waals surface area (Å²) in [6.07, 6.45) is 2.87. The number of hydrogen-bond acceptors (Lipinski definition) is 5. The summed E-state index contributed by atoms with van der Waals surface area (Å²) in [5, 5.41) is 10.6. The van der Waals surface area contributed by atoms with E-state index >= 15 is 0 Å². The molecule has 0 aromatic carbocycles. The van der Waals surface area contributed by atoms with Crippen molar-refractivity contribution in [3.63, 3.8) is 0 Å². The number of pyridine rings is 1. The Balaban J connectivity index is 2.57. The van der Waals surface area contributed by atoms with E-state index in [2.05, 4.69) is 0 Å². The van der Waals surface area contributed by atoms with Crippen LogP contribution in [0.1, 0.15) is 26.2 Å². The Kier molecular flexibility index (Phi) is 5.72. The molecule has 0 unspecified atom stereocenters. The molecule has 0 atom stereocenters. The molecule has 0 fully saturated rings. The van der Waals surface area contributed by atoms with Crippen LogP contribution in [0, 0.1) is 10.1 Å². The predicted molar refractivity (Wildman–Crippen MR) is 67.8 cm³/mol. The van der Waals surface area contributed by atoms with Gasteiger partial charge in [0, 0.05) is 18.7 Å². The molecule has 104 valence electrons. The number of aryl methyl sites for hydroxylation is 1. The predicted octanol–water partition coefficient (Wildman–Crippen LogP) is 1.49. The molecule has 0 radical (unpaired) electrons. The molecule has 1 rings (SSSR count). The summed E-state index contributed by atoms with van der Waals surface area (Å²) in [5.41, 5.74) is -0.564. The second-order valence-electron chi connectivity index (χ2n) is 4.00. The van der Waals surface area contributed by atoms with Crippen molar-refractivity contribution in [3.8, 4) is 0 Å². The Hall–Kier alpha value is -2.18. The van der Waals surface area contributed by atoms with Gasteiger partial charge < -0.3 is 9.30 Å². The summed E-state index contributed by atoms with van der Waals surface area (Å²) in [6.45, 7) is 2.42. The molecule has 7 heteroatoms. The van der Waals surface area contributed by atoms with Gasteiger partial charge >= 0.3 is 5.97 Å². The average Bonchev–Trinajstić information content (AvgIpc) is 2.37. The van der Waals surface area contributed by atoms with Crippen molar-refractivity contribution in [1.29, 1.82) is 0 Å². The van der Waals surface area contributed by atoms with Gasteiger partial charge in [0.15, 0.2) is 0 Å². The van der Waals surface area contributed by atoms with E-state index in [0.29, 0.717) is 6.61 Å². The van der Waals surface area contributed by atoms with Gasteiger partial charge in [-0.3, -0.25) is 19.7 Å². The number of rotatable bonds is 7. The van der Waals surface area contributed by atoms with Gasteiger partial charge in [-0.2, -0.15) is 0 Å². The molecule has 0 N–H and O–H groups in total. The van der Waals surface area contributed by atoms with Gasteiger partial charge in [-0.05, 0) is 6.42 Å². The SMILES string of the molecule is CCCCOC(=O)CCn1cc([N+](=O)[O-])ccc1=O. The minimum atomic E-state index is -0.588. The quantitative estimate of drug-likeness (QED) is 0.323. The van der Waals surface area contributed by atoms with Crippen LogP contribution < -0.4 is 5.56 Å². The molecule has 0 spiro atoms. The number of nitrogens with zero attached hydrogens (tertiary/aromatic N) is 2. The van der Waals surface area contributed by atoms with Crippen molar-refractivity contribution in [2.24, 2.45) is 0 Å². The molecule has 0 saturated heterocycles. The van der Waals surface area contributed by atoms with Crippen molar-refractivity contribution < 1.29 is 14.5 Å². The monoisotopic (exact) mass is 268 g/mol. The number of esters is 1. The highest BCUT2D eigenvalue weighted by molar-refractivity contribution is 5.69. The van der Waals surface area contributed by atoms with Gasteiger partial charge in [0.1, 0.15) is 0 Å². The zero-order valence-corrected chi connectivity index (χ0v) is 10.7. The lowest BCUT2D eigenvalue weighted by Crippen LogP contribution is -2.21. The number of hydrogen-bond donors (Lipinski definition) is 0. The van der Waals surface area contributed by atoms with E-state index in [-0.39, 0.29) is 24.2 Å². The molecule has 0 aliphatic rings. The Labute approximate surface area is 110 Å². The third-order valence-electron chi connectivity index (χ3n) is 2.50. The minimum absolute atomic E-state index is 0.0186. The van der Waals surface area contributed by atoms with Crippen LogP contribution >= 0.6 is 0 Å². The van der Waals surface area contributed by atoms with E-state index in [1.165, 1.54) is 0 Å². The molecule has 19 heavy (non-hydrogen) atoms. The van der Waals surface area contributed by atoms with Crippen molar-refractivity contribution in [3.05, 3.63) is 38.8 Å². The molecule has 0 aliphatic carbocycles. The Morgan fingerprint density at radius 2 is 2.21 bits per heavy atom. The van der Waals surface area contributed by atoms with Gasteiger partial charge in [-0.25, -0.2) is 0 Å². The molecule has 0 amide bonds. The van der Waals surface area contributed by atoms with Crippen LogP contribution in [0.5, 0.6) is 0 Å². The maximum Gasteiger partial charge on any atom is 0.307 e. The second-order valence-corrected chi connectivity index (χ2v) is 4.00. The zero-order chi connectivity index (χ0) is 14.3. The number of aromatic nitrogens is 1. The van der Waals surface area contributed by atoms with Crippen LogP contribution in [0.3, 0.4) is 0 Å². The number of unbranched alkanes of at least 4 members (excludes halogenated alkanes) is 1. The van der Waals surface area contributed by atoms with Crippen molar-refractivity contribution in [1.82, 2.24) is 4.57 Å². The lowest BCUT2D eigenvalue weighted by molar-refractivity contribution is -0.385. The van der Waals surface area contributed by atoms with Gasteiger partial charge in [-0.1, -0.05) is 13.3 Å². The highest BCUT2D eigenvalue weighted by Gasteiger charge is 2.09. The molecule has 1 aromatic heterocycles. The van der Waals surface area contributed by atoms with Gasteiger partial charge in [0.2, 0.25) is 0 Å². The van der Waals surface area contributed by atoms with E-state index in [9.17, 15) is 19.7 Å². The smallest absolute Gasteiger partial charge is 0.307 e. The maximum absolute atomic E-state index is 11.5. The standard InChI is InChI=1S/C12H16N2O5/c1-2-3-8-19-12(16)6-7-13-9-10(14(17)18)4-5-11(13)15/h4-5,9H,2-3,6-8H2,1H3. The topological polar surface area (TPSA) is 91.4 Å². The highest BCUT2D eigenvalue weighted by Crippen LogP contribution is 2.06. The number of ether oxygens (including phenoxy) is 1. The summed E-state index contributed by atoms with van der Waals surface area (Å²) in [5.74, 6) is -0.410. The first-order valence-corrected chi connectivity index (χ1v) is 6.05. The molecular formula is C12H16N2O5. The summed E-state index contributed by atoms with van der Waals surface area (Å²) in [4.78, 5) is 32.8. The van der Waals surface area contributed by atoms with Crippen LogP contribution in [-0.2, 0) is 16.1 Å². The fourth-order valence-corrected chi connectivity index (χ4v) is 1.42. The van der Waals surface area contributed by atoms with Crippen LogP contribution in [0.25, 0.3) is 0 Å². The van der Waals surface area contributed by atoms with E-state index < -0.39 is 10.9 Å². The average molecular weight is 268 g/mol. The number of carbonyl (C=O) groups is 1. The maximum atomic E-state index is 11.5. The van der Waals surface area contributed by atoms with Crippen LogP contribution in [-0.4, -0.2) is 22.1 Å². The first-order valence-electron chi connectivity index (χ1n) is 6.05. The van der Waals surface area contributed by atoms with Crippen LogP contribution in [0.4, 0.5) is 5.69 Å². The Morgan fingerprint density at radius 3 is 2.84 bits per heavy atom. The number of nitro groups is 1. The van der Waals surface area contributed by atoms with E-state index in [1.54, 1.807) is 0 Å². The molecular weight excluding hydrogens is 252 g/mol. The third-order valence-corrected chi connectivity index (χ3v) is 2.50. The second kappa shape index (κ2) is 7.30. The lowest BCUT2D eigenvalue weighted by Gasteiger charge is -2.06. The first-order chi connectivity index (χ1) is 9.04. The van der Waals surface area contributed by atoms with E-state index in [0.717, 1.165) is 35.7 Å². The van der Waals surface area contributed by atoms with Crippen molar-refractivity contribution >= 4 is 11.7 Å². The number of carbonyl (C=O) groups excluding carboxylic acids is 1. The van der Waals surface area contributed by atoms with Gasteiger partial charge in [0.25, 0.3) is 11.2 Å². The fourth-order valence-electron chi connectivity index (χ4n) is 1.42. The Morgan fingerprint density at radius 1 is 1.47 bits per heavy atom. The minimum Gasteiger partial charge on any atom is -0.466 e. The van der Waals surface area contributed by atoms with Crippen LogP contribution in [0.15, 0.2) is 23.1 Å². The van der Waals surface area contributed by atoms with Gasteiger partial charge in [0.05, 0.1) is 24.1 Å². The van der Waals surface area contributed by atoms with E-state index in [4.69, 9.17) is 4.74 Å². The normalized spacial score (nSPS) is 10.2. The fraction of sp³-hybridized carbons (Fsp3) is 0.500. The summed E-state index contributed by atoms with van der Waals surface area (Å²) < 4.78 is 6.07. The lowest BCUT2D eigenvalue weighted by atomic mass is 10.3. The molecule has 0 saturated carbocycles. The first kappa shape index (κ1) is 14.9. The Bertz CT molecular complexity index is 509. The molecule has 7 nitrogen and oxygen atoms in total. The molecule has 0 bridgehead atoms. The van der Waals surface area contributed by atoms with Gasteiger partial charge in [-0.15, -0.1) is 0 Å². The zero-order valence-electron chi connectivity index (χ0n) is 10.7. The van der Waals surface area contributed by atoms with Crippen molar-refractivity contribution in [2.75, 3.05) is 6.61 Å². The molecule has 0 aliphatic heterocycles. The summed E-state index contributed by atoms with van der Waals surface area (Å²) in [6, 6.07) is 2.25.